The number of hydrogen-bond donors (Lipinski definition) is 2. The number of nitrogens with two attached hydrogens (primary N) is 1. The number of anilines is 2. The van der Waals surface area contributed by atoms with Gasteiger partial charge in [-0.1, -0.05) is 0 Å². The van der Waals surface area contributed by atoms with Crippen LogP contribution in [0, 0.1) is 0 Å². The van der Waals surface area contributed by atoms with Crippen LogP contribution in [-0.4, -0.2) is 30.7 Å². The van der Waals surface area contributed by atoms with Crippen molar-refractivity contribution in [3.05, 3.63) is 12.1 Å². The number of aromatic nitrogens is 1. The standard InChI is InChI=1S/C12H18N4O2/c1-2-18-12-9(13)5-6-11(15-12)16-7-3-4-10(16)14-8-17/h5-6,8,10H,2-4,7,13H2,1H3,(H,14,17). The van der Waals surface area contributed by atoms with Crippen molar-refractivity contribution in [3.63, 3.8) is 0 Å². The lowest BCUT2D eigenvalue weighted by atomic mass is 10.3. The first kappa shape index (κ1) is 12.5. The molecule has 0 radical (unpaired) electrons. The van der Waals surface area contributed by atoms with Crippen LogP contribution in [0.2, 0.25) is 0 Å². The molecule has 6 nitrogen and oxygen atoms in total. The summed E-state index contributed by atoms with van der Waals surface area (Å²) >= 11 is 0. The van der Waals surface area contributed by atoms with Gasteiger partial charge in [-0.25, -0.2) is 0 Å². The highest BCUT2D eigenvalue weighted by molar-refractivity contribution is 5.56. The summed E-state index contributed by atoms with van der Waals surface area (Å²) < 4.78 is 5.38. The second-order valence-corrected chi connectivity index (χ2v) is 4.13. The van der Waals surface area contributed by atoms with Gasteiger partial charge in [0.05, 0.1) is 12.3 Å². The van der Waals surface area contributed by atoms with Crippen molar-refractivity contribution in [1.82, 2.24) is 10.3 Å². The molecule has 1 aliphatic rings. The van der Waals surface area contributed by atoms with E-state index in [4.69, 9.17) is 10.5 Å². The Morgan fingerprint density at radius 2 is 2.50 bits per heavy atom. The van der Waals surface area contributed by atoms with Crippen molar-refractivity contribution >= 4 is 17.9 Å². The van der Waals surface area contributed by atoms with Crippen molar-refractivity contribution in [2.24, 2.45) is 0 Å². The first-order valence-corrected chi connectivity index (χ1v) is 6.12. The third-order valence-electron chi connectivity index (χ3n) is 2.96. The molecule has 1 atom stereocenters. The van der Waals surface area contributed by atoms with E-state index in [-0.39, 0.29) is 6.17 Å². The van der Waals surface area contributed by atoms with E-state index in [0.717, 1.165) is 31.6 Å². The topological polar surface area (TPSA) is 80.5 Å². The van der Waals surface area contributed by atoms with Crippen LogP contribution in [0.4, 0.5) is 11.5 Å². The van der Waals surface area contributed by atoms with Gasteiger partial charge in [0.25, 0.3) is 0 Å². The maximum absolute atomic E-state index is 10.6. The molecule has 0 saturated carbocycles. The quantitative estimate of drug-likeness (QED) is 0.753. The molecule has 1 saturated heterocycles. The van der Waals surface area contributed by atoms with Crippen LogP contribution in [0.5, 0.6) is 5.88 Å². The minimum Gasteiger partial charge on any atom is -0.476 e. The molecule has 98 valence electrons. The number of nitrogens with one attached hydrogen (secondary N) is 1. The maximum Gasteiger partial charge on any atom is 0.239 e. The van der Waals surface area contributed by atoms with Crippen molar-refractivity contribution in [3.8, 4) is 5.88 Å². The van der Waals surface area contributed by atoms with Gasteiger partial charge < -0.3 is 20.7 Å². The monoisotopic (exact) mass is 250 g/mol. The molecule has 6 heteroatoms. The van der Waals surface area contributed by atoms with Crippen LogP contribution in [-0.2, 0) is 4.79 Å². The minimum atomic E-state index is 0.00750. The third kappa shape index (κ3) is 2.47. The predicted molar refractivity (Wildman–Crippen MR) is 69.4 cm³/mol. The zero-order valence-electron chi connectivity index (χ0n) is 10.4. The van der Waals surface area contributed by atoms with Gasteiger partial charge in [-0.05, 0) is 31.9 Å². The smallest absolute Gasteiger partial charge is 0.239 e. The molecule has 0 spiro atoms. The zero-order chi connectivity index (χ0) is 13.0. The van der Waals surface area contributed by atoms with Crippen LogP contribution in [0.3, 0.4) is 0 Å². The summed E-state index contributed by atoms with van der Waals surface area (Å²) in [5.41, 5.74) is 6.32. The molecule has 1 aromatic rings. The zero-order valence-corrected chi connectivity index (χ0v) is 10.4. The highest BCUT2D eigenvalue weighted by Gasteiger charge is 2.25. The first-order valence-electron chi connectivity index (χ1n) is 6.12. The second kappa shape index (κ2) is 5.57. The van der Waals surface area contributed by atoms with Gasteiger partial charge in [-0.3, -0.25) is 4.79 Å². The van der Waals surface area contributed by atoms with E-state index < -0.39 is 0 Å². The van der Waals surface area contributed by atoms with E-state index in [1.807, 2.05) is 13.0 Å². The Labute approximate surface area is 106 Å². The fourth-order valence-corrected chi connectivity index (χ4v) is 2.15. The van der Waals surface area contributed by atoms with E-state index in [9.17, 15) is 4.79 Å². The van der Waals surface area contributed by atoms with E-state index in [0.29, 0.717) is 18.2 Å². The van der Waals surface area contributed by atoms with Crippen LogP contribution < -0.4 is 20.7 Å². The van der Waals surface area contributed by atoms with Gasteiger partial charge in [-0.15, -0.1) is 0 Å². The van der Waals surface area contributed by atoms with Crippen molar-refractivity contribution in [2.45, 2.75) is 25.9 Å². The third-order valence-corrected chi connectivity index (χ3v) is 2.96. The van der Waals surface area contributed by atoms with Crippen molar-refractivity contribution in [2.75, 3.05) is 23.8 Å². The first-order chi connectivity index (χ1) is 8.76. The fourth-order valence-electron chi connectivity index (χ4n) is 2.15. The highest BCUT2D eigenvalue weighted by atomic mass is 16.5. The lowest BCUT2D eigenvalue weighted by Gasteiger charge is -2.25. The normalized spacial score (nSPS) is 18.7. The predicted octanol–water partition coefficient (Wildman–Crippen LogP) is 0.735. The fraction of sp³-hybridized carbons (Fsp3) is 0.500. The average molecular weight is 250 g/mol. The SMILES string of the molecule is CCOc1nc(N2CCCC2NC=O)ccc1N. The van der Waals surface area contributed by atoms with Gasteiger partial charge in [0.1, 0.15) is 12.0 Å². The van der Waals surface area contributed by atoms with Crippen molar-refractivity contribution in [1.29, 1.82) is 0 Å². The average Bonchev–Trinajstić information content (AvgIpc) is 2.81. The minimum absolute atomic E-state index is 0.00750. The molecule has 1 amide bonds. The largest absolute Gasteiger partial charge is 0.476 e. The molecule has 3 N–H and O–H groups in total. The van der Waals surface area contributed by atoms with Crippen molar-refractivity contribution < 1.29 is 9.53 Å². The summed E-state index contributed by atoms with van der Waals surface area (Å²) in [7, 11) is 0. The Morgan fingerprint density at radius 1 is 1.67 bits per heavy atom. The highest BCUT2D eigenvalue weighted by Crippen LogP contribution is 2.27. The van der Waals surface area contributed by atoms with E-state index in [1.165, 1.54) is 0 Å². The number of pyridine rings is 1. The Balaban J connectivity index is 2.21. The molecule has 1 aliphatic heterocycles. The van der Waals surface area contributed by atoms with E-state index in [1.54, 1.807) is 6.07 Å². The molecule has 1 fully saturated rings. The molecule has 2 heterocycles. The summed E-state index contributed by atoms with van der Waals surface area (Å²) in [5.74, 6) is 1.23. The molecule has 1 unspecified atom stereocenters. The molecule has 0 aromatic carbocycles. The molecule has 0 aliphatic carbocycles. The molecule has 18 heavy (non-hydrogen) atoms. The Kier molecular flexibility index (Phi) is 3.86. The van der Waals surface area contributed by atoms with Gasteiger partial charge in [-0.2, -0.15) is 4.98 Å². The van der Waals surface area contributed by atoms with Gasteiger partial charge in [0, 0.05) is 6.54 Å². The number of hydrogen-bond acceptors (Lipinski definition) is 5. The number of nitrogen functional groups attached to an aromatic ring is 1. The van der Waals surface area contributed by atoms with Gasteiger partial charge >= 0.3 is 0 Å². The van der Waals surface area contributed by atoms with Crippen LogP contribution in [0.25, 0.3) is 0 Å². The van der Waals surface area contributed by atoms with Crippen LogP contribution in [0.1, 0.15) is 19.8 Å². The summed E-state index contributed by atoms with van der Waals surface area (Å²) in [4.78, 5) is 17.0. The van der Waals surface area contributed by atoms with E-state index >= 15 is 0 Å². The number of nitrogens with zero attached hydrogens (tertiary/aromatic N) is 2. The lowest BCUT2D eigenvalue weighted by molar-refractivity contribution is -0.110. The summed E-state index contributed by atoms with van der Waals surface area (Å²) in [6.07, 6.45) is 2.69. The Hall–Kier alpha value is -1.98. The summed E-state index contributed by atoms with van der Waals surface area (Å²) in [6, 6.07) is 3.63. The molecule has 1 aromatic heterocycles. The number of amides is 1. The maximum atomic E-state index is 10.6. The molecular formula is C12H18N4O2. The lowest BCUT2D eigenvalue weighted by Crippen LogP contribution is -2.41. The number of carbonyl (C=O) groups is 1. The summed E-state index contributed by atoms with van der Waals surface area (Å²) in [5, 5.41) is 2.79. The molecule has 0 bridgehead atoms. The number of rotatable bonds is 5. The number of carbonyl (C=O) groups excluding carboxylic acids is 1. The van der Waals surface area contributed by atoms with Gasteiger partial charge in [0.15, 0.2) is 0 Å². The molecular weight excluding hydrogens is 232 g/mol. The summed E-state index contributed by atoms with van der Waals surface area (Å²) in [6.45, 7) is 3.28. The Morgan fingerprint density at radius 3 is 3.22 bits per heavy atom. The second-order valence-electron chi connectivity index (χ2n) is 4.13. The van der Waals surface area contributed by atoms with Crippen LogP contribution >= 0.6 is 0 Å². The van der Waals surface area contributed by atoms with E-state index in [2.05, 4.69) is 15.2 Å². The molecule has 2 rings (SSSR count). The van der Waals surface area contributed by atoms with Gasteiger partial charge in [0.2, 0.25) is 12.3 Å². The Bertz CT molecular complexity index is 425. The van der Waals surface area contributed by atoms with Crippen LogP contribution in [0.15, 0.2) is 12.1 Å². The number of ether oxygens (including phenoxy) is 1.